The Morgan fingerprint density at radius 3 is 2.28 bits per heavy atom. The lowest BCUT2D eigenvalue weighted by Gasteiger charge is -2.22. The van der Waals surface area contributed by atoms with E-state index in [0.717, 1.165) is 33.4 Å². The number of carbonyl (C=O) groups excluding carboxylic acids is 2. The molecule has 1 aliphatic heterocycles. The second-order valence-corrected chi connectivity index (χ2v) is 8.33. The summed E-state index contributed by atoms with van der Waals surface area (Å²) in [6, 6.07) is 17.8. The predicted octanol–water partition coefficient (Wildman–Crippen LogP) is 4.64. The SMILES string of the molecule is COC(=O)C(O)c1c(C)c2c(c(C)c1-c1ccc(C)cc1)CN(Cc1ccccc1)C2=O. The van der Waals surface area contributed by atoms with Crippen LogP contribution in [0.2, 0.25) is 0 Å². The summed E-state index contributed by atoms with van der Waals surface area (Å²) in [5.74, 6) is -0.828. The smallest absolute Gasteiger partial charge is 0.339 e. The third-order valence-electron chi connectivity index (χ3n) is 6.28. The maximum absolute atomic E-state index is 13.4. The summed E-state index contributed by atoms with van der Waals surface area (Å²) in [6.07, 6.45) is -1.48. The number of aliphatic hydroxyl groups is 1. The summed E-state index contributed by atoms with van der Waals surface area (Å²) in [5.41, 5.74) is 7.33. The first kappa shape index (κ1) is 21.8. The molecule has 32 heavy (non-hydrogen) atoms. The van der Waals surface area contributed by atoms with Crippen LogP contribution >= 0.6 is 0 Å². The third-order valence-corrected chi connectivity index (χ3v) is 6.28. The standard InChI is InChI=1S/C27H27NO4/c1-16-10-12-20(13-11-16)22-17(2)21-15-28(14-19-8-6-5-7-9-19)26(30)23(21)18(3)24(22)25(29)27(31)32-4/h5-13,25,29H,14-15H2,1-4H3. The van der Waals surface area contributed by atoms with Crippen LogP contribution in [-0.4, -0.2) is 29.0 Å². The Kier molecular flexibility index (Phi) is 5.85. The average Bonchev–Trinajstić information content (AvgIpc) is 3.13. The highest BCUT2D eigenvalue weighted by molar-refractivity contribution is 6.02. The summed E-state index contributed by atoms with van der Waals surface area (Å²) in [4.78, 5) is 27.6. The number of ether oxygens (including phenoxy) is 1. The summed E-state index contributed by atoms with van der Waals surface area (Å²) in [7, 11) is 1.25. The van der Waals surface area contributed by atoms with Gasteiger partial charge in [0.25, 0.3) is 5.91 Å². The van der Waals surface area contributed by atoms with Crippen LogP contribution in [0.4, 0.5) is 0 Å². The van der Waals surface area contributed by atoms with Gasteiger partial charge in [-0.3, -0.25) is 4.79 Å². The lowest BCUT2D eigenvalue weighted by atomic mass is 9.83. The fourth-order valence-electron chi connectivity index (χ4n) is 4.59. The van der Waals surface area contributed by atoms with E-state index < -0.39 is 12.1 Å². The van der Waals surface area contributed by atoms with Crippen molar-refractivity contribution in [3.8, 4) is 11.1 Å². The molecule has 1 amide bonds. The van der Waals surface area contributed by atoms with E-state index in [-0.39, 0.29) is 5.91 Å². The van der Waals surface area contributed by atoms with Crippen LogP contribution in [0, 0.1) is 20.8 Å². The molecule has 4 rings (SSSR count). The number of hydrogen-bond donors (Lipinski definition) is 1. The molecule has 1 unspecified atom stereocenters. The minimum Gasteiger partial charge on any atom is -0.467 e. The number of carbonyl (C=O) groups is 2. The first-order chi connectivity index (χ1) is 15.3. The van der Waals surface area contributed by atoms with Crippen molar-refractivity contribution in [1.29, 1.82) is 0 Å². The van der Waals surface area contributed by atoms with Gasteiger partial charge in [-0.1, -0.05) is 60.2 Å². The number of fused-ring (bicyclic) bond motifs is 1. The lowest BCUT2D eigenvalue weighted by Crippen LogP contribution is -2.24. The number of methoxy groups -OCH3 is 1. The molecule has 3 aromatic carbocycles. The second-order valence-electron chi connectivity index (χ2n) is 8.33. The monoisotopic (exact) mass is 429 g/mol. The molecule has 0 radical (unpaired) electrons. The van der Waals surface area contributed by atoms with Crippen molar-refractivity contribution >= 4 is 11.9 Å². The van der Waals surface area contributed by atoms with E-state index in [1.165, 1.54) is 7.11 Å². The van der Waals surface area contributed by atoms with Gasteiger partial charge < -0.3 is 14.7 Å². The summed E-state index contributed by atoms with van der Waals surface area (Å²) < 4.78 is 4.83. The third kappa shape index (κ3) is 3.69. The molecular formula is C27H27NO4. The molecule has 0 aromatic heterocycles. The first-order valence-corrected chi connectivity index (χ1v) is 10.7. The minimum atomic E-state index is -1.48. The molecule has 1 aliphatic rings. The molecule has 0 saturated carbocycles. The van der Waals surface area contributed by atoms with E-state index in [9.17, 15) is 14.7 Å². The first-order valence-electron chi connectivity index (χ1n) is 10.7. The fraction of sp³-hybridized carbons (Fsp3) is 0.259. The van der Waals surface area contributed by atoms with E-state index >= 15 is 0 Å². The van der Waals surface area contributed by atoms with Crippen LogP contribution in [-0.2, 0) is 22.6 Å². The Morgan fingerprint density at radius 2 is 1.66 bits per heavy atom. The zero-order chi connectivity index (χ0) is 23.0. The molecule has 1 heterocycles. The van der Waals surface area contributed by atoms with E-state index in [4.69, 9.17) is 4.74 Å². The largest absolute Gasteiger partial charge is 0.467 e. The number of aliphatic hydroxyl groups excluding tert-OH is 1. The van der Waals surface area contributed by atoms with Gasteiger partial charge in [0.1, 0.15) is 0 Å². The van der Waals surface area contributed by atoms with Crippen molar-refractivity contribution in [1.82, 2.24) is 4.90 Å². The van der Waals surface area contributed by atoms with Gasteiger partial charge in [-0.25, -0.2) is 4.79 Å². The minimum absolute atomic E-state index is 0.0850. The zero-order valence-electron chi connectivity index (χ0n) is 18.8. The highest BCUT2D eigenvalue weighted by atomic mass is 16.5. The molecule has 164 valence electrons. The number of aryl methyl sites for hydroxylation is 1. The number of hydrogen-bond acceptors (Lipinski definition) is 4. The molecule has 1 atom stereocenters. The van der Waals surface area contributed by atoms with E-state index in [0.29, 0.717) is 29.8 Å². The van der Waals surface area contributed by atoms with Crippen molar-refractivity contribution in [2.24, 2.45) is 0 Å². The molecule has 0 spiro atoms. The molecule has 1 N–H and O–H groups in total. The van der Waals surface area contributed by atoms with Crippen molar-refractivity contribution in [2.45, 2.75) is 40.0 Å². The summed E-state index contributed by atoms with van der Waals surface area (Å²) in [5, 5.41) is 10.9. The molecule has 3 aromatic rings. The summed E-state index contributed by atoms with van der Waals surface area (Å²) >= 11 is 0. The molecule has 0 aliphatic carbocycles. The van der Waals surface area contributed by atoms with Crippen LogP contribution in [0.5, 0.6) is 0 Å². The van der Waals surface area contributed by atoms with E-state index in [1.54, 1.807) is 6.92 Å². The molecule has 5 heteroatoms. The fourth-order valence-corrected chi connectivity index (χ4v) is 4.59. The topological polar surface area (TPSA) is 66.8 Å². The Morgan fingerprint density at radius 1 is 1.00 bits per heavy atom. The Bertz CT molecular complexity index is 1180. The lowest BCUT2D eigenvalue weighted by molar-refractivity contribution is -0.150. The van der Waals surface area contributed by atoms with Gasteiger partial charge in [0.05, 0.1) is 7.11 Å². The van der Waals surface area contributed by atoms with Gasteiger partial charge >= 0.3 is 5.97 Å². The molecule has 5 nitrogen and oxygen atoms in total. The molecule has 0 saturated heterocycles. The van der Waals surface area contributed by atoms with Crippen molar-refractivity contribution in [3.05, 3.63) is 93.5 Å². The Balaban J connectivity index is 1.89. The van der Waals surface area contributed by atoms with Gasteiger partial charge in [-0.15, -0.1) is 0 Å². The van der Waals surface area contributed by atoms with Gasteiger partial charge in [-0.05, 0) is 54.2 Å². The van der Waals surface area contributed by atoms with Crippen LogP contribution in [0.25, 0.3) is 11.1 Å². The van der Waals surface area contributed by atoms with Gasteiger partial charge in [-0.2, -0.15) is 0 Å². The maximum Gasteiger partial charge on any atom is 0.339 e. The van der Waals surface area contributed by atoms with E-state index in [1.807, 2.05) is 73.3 Å². The number of amides is 1. The summed E-state index contributed by atoms with van der Waals surface area (Å²) in [6.45, 7) is 6.77. The van der Waals surface area contributed by atoms with Crippen LogP contribution in [0.3, 0.4) is 0 Å². The van der Waals surface area contributed by atoms with Gasteiger partial charge in [0.2, 0.25) is 0 Å². The molecule has 0 bridgehead atoms. The number of benzene rings is 3. The predicted molar refractivity (Wildman–Crippen MR) is 123 cm³/mol. The maximum atomic E-state index is 13.4. The normalized spacial score (nSPS) is 13.8. The van der Waals surface area contributed by atoms with Crippen molar-refractivity contribution in [2.75, 3.05) is 7.11 Å². The van der Waals surface area contributed by atoms with Crippen LogP contribution in [0.15, 0.2) is 54.6 Å². The number of nitrogens with zero attached hydrogens (tertiary/aromatic N) is 1. The number of rotatable bonds is 5. The molecule has 0 fully saturated rings. The quantitative estimate of drug-likeness (QED) is 0.600. The highest BCUT2D eigenvalue weighted by Gasteiger charge is 2.36. The Labute approximate surface area is 188 Å². The zero-order valence-corrected chi connectivity index (χ0v) is 18.8. The Hall–Kier alpha value is -3.44. The second kappa shape index (κ2) is 8.60. The average molecular weight is 430 g/mol. The van der Waals surface area contributed by atoms with Crippen LogP contribution < -0.4 is 0 Å². The van der Waals surface area contributed by atoms with Crippen molar-refractivity contribution in [3.63, 3.8) is 0 Å². The van der Waals surface area contributed by atoms with E-state index in [2.05, 4.69) is 0 Å². The van der Waals surface area contributed by atoms with Crippen molar-refractivity contribution < 1.29 is 19.4 Å². The number of esters is 1. The van der Waals surface area contributed by atoms with Gasteiger partial charge in [0.15, 0.2) is 6.10 Å². The van der Waals surface area contributed by atoms with Crippen LogP contribution in [0.1, 0.15) is 49.8 Å². The highest BCUT2D eigenvalue weighted by Crippen LogP contribution is 2.42. The molecular weight excluding hydrogens is 402 g/mol. The van der Waals surface area contributed by atoms with Gasteiger partial charge in [0, 0.05) is 24.2 Å².